The molecule has 1 aliphatic carbocycles. The minimum atomic E-state index is -5.58. The summed E-state index contributed by atoms with van der Waals surface area (Å²) in [4.78, 5) is 1.43. The van der Waals surface area contributed by atoms with Crippen molar-refractivity contribution in [1.29, 1.82) is 5.26 Å². The summed E-state index contributed by atoms with van der Waals surface area (Å²) in [5, 5.41) is 9.10. The quantitative estimate of drug-likeness (QED) is 0.345. The first-order chi connectivity index (χ1) is 14.8. The van der Waals surface area contributed by atoms with Gasteiger partial charge in [0, 0.05) is 30.7 Å². The fraction of sp³-hybridized carbons (Fsp3) is 0.261. The highest BCUT2D eigenvalue weighted by Gasteiger charge is 2.80. The smallest absolute Gasteiger partial charge is 0.194 e. The first-order valence-corrected chi connectivity index (χ1v) is 11.0. The zero-order valence-electron chi connectivity index (χ0n) is 17.0. The van der Waals surface area contributed by atoms with Crippen molar-refractivity contribution in [3.8, 4) is 16.5 Å². The summed E-state index contributed by atoms with van der Waals surface area (Å²) in [7, 11) is 0. The molecule has 1 aliphatic rings. The van der Waals surface area contributed by atoms with Crippen LogP contribution in [0.3, 0.4) is 0 Å². The van der Waals surface area contributed by atoms with Gasteiger partial charge < -0.3 is 0 Å². The van der Waals surface area contributed by atoms with E-state index in [0.29, 0.717) is 20.9 Å². The molecule has 0 atom stereocenters. The molecular weight excluding hydrogens is 468 g/mol. The highest BCUT2D eigenvalue weighted by Crippen LogP contribution is 2.65. The van der Waals surface area contributed by atoms with Gasteiger partial charge in [0.15, 0.2) is 0 Å². The summed E-state index contributed by atoms with van der Waals surface area (Å²) in [5.74, 6) is -15.7. The Bertz CT molecular complexity index is 1310. The highest BCUT2D eigenvalue weighted by atomic mass is 32.1. The van der Waals surface area contributed by atoms with Crippen LogP contribution in [0.25, 0.3) is 21.6 Å². The molecule has 3 aromatic rings. The molecule has 4 rings (SSSR count). The Balaban J connectivity index is 2.03. The zero-order chi connectivity index (χ0) is 23.6. The maximum absolute atomic E-state index is 15.0. The Kier molecular flexibility index (Phi) is 5.10. The first kappa shape index (κ1) is 22.6. The Morgan fingerprint density at radius 2 is 1.34 bits per heavy atom. The van der Waals surface area contributed by atoms with Crippen LogP contribution in [0.1, 0.15) is 31.3 Å². The molecule has 0 bridgehead atoms. The number of alkyl halides is 6. The predicted molar refractivity (Wildman–Crippen MR) is 115 cm³/mol. The van der Waals surface area contributed by atoms with Gasteiger partial charge in [-0.3, -0.25) is 0 Å². The van der Waals surface area contributed by atoms with Crippen molar-refractivity contribution in [2.24, 2.45) is 0 Å². The van der Waals surface area contributed by atoms with Crippen molar-refractivity contribution in [1.82, 2.24) is 0 Å². The van der Waals surface area contributed by atoms with E-state index in [1.807, 2.05) is 6.07 Å². The highest BCUT2D eigenvalue weighted by molar-refractivity contribution is 7.15. The van der Waals surface area contributed by atoms with Crippen molar-refractivity contribution >= 4 is 33.8 Å². The van der Waals surface area contributed by atoms with Gasteiger partial charge in [-0.15, -0.1) is 22.7 Å². The largest absolute Gasteiger partial charge is 0.380 e. The molecule has 32 heavy (non-hydrogen) atoms. The molecule has 0 N–H and O–H groups in total. The van der Waals surface area contributed by atoms with Gasteiger partial charge in [0.25, 0.3) is 0 Å². The fourth-order valence-corrected chi connectivity index (χ4v) is 5.88. The van der Waals surface area contributed by atoms with Gasteiger partial charge >= 0.3 is 17.8 Å². The van der Waals surface area contributed by atoms with E-state index in [0.717, 1.165) is 22.7 Å². The van der Waals surface area contributed by atoms with Gasteiger partial charge in [0.05, 0.1) is 11.6 Å². The van der Waals surface area contributed by atoms with Gasteiger partial charge in [0.2, 0.25) is 0 Å². The molecular formula is C23H15F6NS2. The van der Waals surface area contributed by atoms with E-state index in [2.05, 4.69) is 0 Å². The summed E-state index contributed by atoms with van der Waals surface area (Å²) < 4.78 is 88.9. The van der Waals surface area contributed by atoms with Crippen molar-refractivity contribution in [3.05, 3.63) is 67.7 Å². The summed E-state index contributed by atoms with van der Waals surface area (Å²) in [6.07, 6.45) is 0. The van der Waals surface area contributed by atoms with E-state index in [4.69, 9.17) is 5.26 Å². The maximum atomic E-state index is 15.0. The molecule has 0 saturated heterocycles. The molecule has 0 spiro atoms. The normalized spacial score (nSPS) is 18.8. The molecule has 9 heteroatoms. The van der Waals surface area contributed by atoms with Gasteiger partial charge in [-0.1, -0.05) is 12.1 Å². The molecule has 0 amide bonds. The van der Waals surface area contributed by atoms with Gasteiger partial charge in [-0.25, -0.2) is 0 Å². The van der Waals surface area contributed by atoms with Crippen LogP contribution in [0.4, 0.5) is 26.3 Å². The number of halogens is 6. The number of hydrogen-bond acceptors (Lipinski definition) is 3. The zero-order valence-corrected chi connectivity index (χ0v) is 18.6. The van der Waals surface area contributed by atoms with Gasteiger partial charge in [-0.05, 0) is 61.7 Å². The van der Waals surface area contributed by atoms with Crippen LogP contribution in [0.15, 0.2) is 36.4 Å². The third-order valence-corrected chi connectivity index (χ3v) is 7.51. The van der Waals surface area contributed by atoms with Crippen molar-refractivity contribution in [2.75, 3.05) is 0 Å². The van der Waals surface area contributed by atoms with Crippen molar-refractivity contribution < 1.29 is 26.3 Å². The average molecular weight is 484 g/mol. The van der Waals surface area contributed by atoms with E-state index in [1.165, 1.54) is 32.0 Å². The molecule has 0 fully saturated rings. The number of thiophene rings is 2. The minimum absolute atomic E-state index is 0.202. The summed E-state index contributed by atoms with van der Waals surface area (Å²) in [5.41, 5.74) is -2.47. The molecule has 0 unspecified atom stereocenters. The molecule has 1 nitrogen and oxygen atoms in total. The lowest BCUT2D eigenvalue weighted by atomic mass is 9.95. The Morgan fingerprint density at radius 3 is 1.88 bits per heavy atom. The van der Waals surface area contributed by atoms with E-state index in [-0.39, 0.29) is 20.9 Å². The lowest BCUT2D eigenvalue weighted by molar-refractivity contribution is -0.254. The summed E-state index contributed by atoms with van der Waals surface area (Å²) >= 11 is 2.10. The van der Waals surface area contributed by atoms with Crippen LogP contribution < -0.4 is 0 Å². The first-order valence-electron chi connectivity index (χ1n) is 9.40. The molecule has 2 heterocycles. The van der Waals surface area contributed by atoms with E-state index < -0.39 is 28.9 Å². The number of nitriles is 1. The Morgan fingerprint density at radius 1 is 0.781 bits per heavy atom. The number of rotatable bonds is 3. The van der Waals surface area contributed by atoms with Gasteiger partial charge in [-0.2, -0.15) is 31.6 Å². The molecule has 0 radical (unpaired) electrons. The molecule has 166 valence electrons. The second-order valence-corrected chi connectivity index (χ2v) is 10.3. The number of nitrogens with zero attached hydrogens (tertiary/aromatic N) is 1. The molecule has 2 aromatic heterocycles. The second-order valence-electron chi connectivity index (χ2n) is 7.57. The van der Waals surface area contributed by atoms with Gasteiger partial charge in [0.1, 0.15) is 0 Å². The average Bonchev–Trinajstić information content (AvgIpc) is 3.28. The Hall–Kier alpha value is -2.57. The monoisotopic (exact) mass is 483 g/mol. The lowest BCUT2D eigenvalue weighted by Crippen LogP contribution is -2.48. The molecule has 1 aromatic carbocycles. The lowest BCUT2D eigenvalue weighted by Gasteiger charge is -2.25. The van der Waals surface area contributed by atoms with Crippen LogP contribution in [0, 0.1) is 32.1 Å². The third kappa shape index (κ3) is 3.04. The minimum Gasteiger partial charge on any atom is -0.194 e. The molecule has 0 saturated carbocycles. The van der Waals surface area contributed by atoms with E-state index in [1.54, 1.807) is 25.1 Å². The topological polar surface area (TPSA) is 23.8 Å². The van der Waals surface area contributed by atoms with Crippen molar-refractivity contribution in [2.45, 2.75) is 38.5 Å². The van der Waals surface area contributed by atoms with Crippen LogP contribution in [-0.4, -0.2) is 17.8 Å². The number of aryl methyl sites for hydroxylation is 3. The van der Waals surface area contributed by atoms with Crippen LogP contribution in [-0.2, 0) is 0 Å². The number of allylic oxidation sites excluding steroid dienone is 2. The van der Waals surface area contributed by atoms with Crippen molar-refractivity contribution in [3.63, 3.8) is 0 Å². The number of hydrogen-bond donors (Lipinski definition) is 0. The van der Waals surface area contributed by atoms with Crippen LogP contribution in [0.5, 0.6) is 0 Å². The van der Waals surface area contributed by atoms with E-state index in [9.17, 15) is 17.6 Å². The molecule has 0 aliphatic heterocycles. The SMILES string of the molecule is Cc1cc(C2=C(c3cc(-c4cccc(C#N)c4)sc3C)C(F)(F)C(F)(F)C2(F)F)c(C)s1. The van der Waals surface area contributed by atoms with Crippen LogP contribution >= 0.6 is 22.7 Å². The van der Waals surface area contributed by atoms with E-state index >= 15 is 8.78 Å². The summed E-state index contributed by atoms with van der Waals surface area (Å²) in [6, 6.07) is 10.7. The third-order valence-electron chi connectivity index (χ3n) is 5.44. The Labute approximate surface area is 188 Å². The fourth-order valence-electron chi connectivity index (χ4n) is 3.93. The standard InChI is InChI=1S/C23H15F6NS2/c1-11-7-16(12(2)31-11)19-20(22(26,27)23(28,29)21(19,24)25)17-9-18(32-13(17)3)15-6-4-5-14(8-15)10-30/h4-9H,1-3H3. The van der Waals surface area contributed by atoms with Crippen LogP contribution in [0.2, 0.25) is 0 Å². The summed E-state index contributed by atoms with van der Waals surface area (Å²) in [6.45, 7) is 4.47. The predicted octanol–water partition coefficient (Wildman–Crippen LogP) is 8.10. The second kappa shape index (κ2) is 7.22. The number of benzene rings is 1. The maximum Gasteiger partial charge on any atom is 0.380 e.